The maximum Gasteiger partial charge on any atom is 0.272 e. The minimum Gasteiger partial charge on any atom is -0.383 e. The number of ether oxygens (including phenoxy) is 1. The fraction of sp³-hybridized carbons (Fsp3) is 0.158. The third kappa shape index (κ3) is 4.56. The summed E-state index contributed by atoms with van der Waals surface area (Å²) in [5, 5.41) is 10.7. The van der Waals surface area contributed by atoms with Crippen molar-refractivity contribution in [1.29, 1.82) is 0 Å². The molecule has 0 radical (unpaired) electrons. The number of nitrogens with zero attached hydrogens (tertiary/aromatic N) is 3. The minimum absolute atomic E-state index is 0.0233. The lowest BCUT2D eigenvalue weighted by molar-refractivity contribution is -0.384. The number of hydrogen-bond donors (Lipinski definition) is 0. The van der Waals surface area contributed by atoms with E-state index in [4.69, 9.17) is 4.74 Å². The zero-order chi connectivity index (χ0) is 20.1. The van der Waals surface area contributed by atoms with Crippen molar-refractivity contribution >= 4 is 39.2 Å². The van der Waals surface area contributed by atoms with Gasteiger partial charge >= 0.3 is 0 Å². The Morgan fingerprint density at radius 3 is 2.75 bits per heavy atom. The molecule has 0 saturated heterocycles. The summed E-state index contributed by atoms with van der Waals surface area (Å²) in [5.41, 5.74) is 1.39. The Morgan fingerprint density at radius 2 is 2.07 bits per heavy atom. The Kier molecular flexibility index (Phi) is 6.07. The van der Waals surface area contributed by atoms with E-state index < -0.39 is 10.8 Å². The van der Waals surface area contributed by atoms with Gasteiger partial charge in [-0.25, -0.2) is 4.39 Å². The standard InChI is InChI=1S/C19H16FN3O4S/c1-27-11-10-22-16-8-5-14(20)12-17(16)28-19(22)21-18(24)9-4-13-2-6-15(7-3-13)23(25)26/h2-9,12H,10-11H2,1H3. The highest BCUT2D eigenvalue weighted by Gasteiger charge is 2.08. The van der Waals surface area contributed by atoms with Crippen LogP contribution < -0.4 is 4.80 Å². The summed E-state index contributed by atoms with van der Waals surface area (Å²) < 4.78 is 21.1. The van der Waals surface area contributed by atoms with Crippen LogP contribution >= 0.6 is 11.3 Å². The van der Waals surface area contributed by atoms with E-state index in [9.17, 15) is 19.3 Å². The SMILES string of the molecule is COCCn1c(=NC(=O)C=Cc2ccc([N+](=O)[O-])cc2)sc2cc(F)ccc21. The van der Waals surface area contributed by atoms with Crippen molar-refractivity contribution in [2.75, 3.05) is 13.7 Å². The van der Waals surface area contributed by atoms with Gasteiger partial charge in [0, 0.05) is 31.9 Å². The van der Waals surface area contributed by atoms with Crippen molar-refractivity contribution in [2.45, 2.75) is 6.54 Å². The molecule has 0 atom stereocenters. The third-order valence-corrected chi connectivity index (χ3v) is 4.93. The Morgan fingerprint density at radius 1 is 1.32 bits per heavy atom. The number of non-ortho nitro benzene ring substituents is 1. The Labute approximate surface area is 163 Å². The van der Waals surface area contributed by atoms with E-state index in [1.807, 2.05) is 0 Å². The number of hydrogen-bond acceptors (Lipinski definition) is 5. The molecular weight excluding hydrogens is 385 g/mol. The number of carbonyl (C=O) groups is 1. The van der Waals surface area contributed by atoms with E-state index >= 15 is 0 Å². The summed E-state index contributed by atoms with van der Waals surface area (Å²) in [6.45, 7) is 0.892. The van der Waals surface area contributed by atoms with Crippen LogP contribution in [0.2, 0.25) is 0 Å². The smallest absolute Gasteiger partial charge is 0.272 e. The van der Waals surface area contributed by atoms with Crippen LogP contribution in [0.5, 0.6) is 0 Å². The average molecular weight is 401 g/mol. The first kappa shape index (κ1) is 19.6. The molecule has 0 spiro atoms. The van der Waals surface area contributed by atoms with E-state index in [1.165, 1.54) is 47.8 Å². The number of nitro groups is 1. The third-order valence-electron chi connectivity index (χ3n) is 3.89. The summed E-state index contributed by atoms with van der Waals surface area (Å²) >= 11 is 1.21. The number of amides is 1. The van der Waals surface area contributed by atoms with Crippen molar-refractivity contribution < 1.29 is 18.8 Å². The Hall–Kier alpha value is -3.17. The van der Waals surface area contributed by atoms with Gasteiger partial charge in [0.05, 0.1) is 21.7 Å². The molecule has 3 rings (SSSR count). The molecule has 1 amide bonds. The van der Waals surface area contributed by atoms with Crippen LogP contribution in [-0.4, -0.2) is 29.1 Å². The van der Waals surface area contributed by atoms with E-state index in [1.54, 1.807) is 29.9 Å². The first-order chi connectivity index (χ1) is 13.5. The highest BCUT2D eigenvalue weighted by Crippen LogP contribution is 2.18. The molecule has 0 saturated carbocycles. The van der Waals surface area contributed by atoms with Gasteiger partial charge in [0.15, 0.2) is 4.80 Å². The molecule has 0 fully saturated rings. The second kappa shape index (κ2) is 8.68. The molecule has 0 aliphatic heterocycles. The second-order valence-corrected chi connectivity index (χ2v) is 6.78. The van der Waals surface area contributed by atoms with Gasteiger partial charge in [-0.3, -0.25) is 14.9 Å². The summed E-state index contributed by atoms with van der Waals surface area (Å²) in [6, 6.07) is 10.2. The highest BCUT2D eigenvalue weighted by atomic mass is 32.1. The molecule has 7 nitrogen and oxygen atoms in total. The van der Waals surface area contributed by atoms with Crippen LogP contribution in [-0.2, 0) is 16.1 Å². The number of rotatable bonds is 6. The number of methoxy groups -OCH3 is 1. The zero-order valence-corrected chi connectivity index (χ0v) is 15.7. The van der Waals surface area contributed by atoms with Crippen molar-refractivity contribution in [2.24, 2.45) is 4.99 Å². The second-order valence-electron chi connectivity index (χ2n) is 5.77. The number of halogens is 1. The number of benzene rings is 2. The number of carbonyl (C=O) groups excluding carboxylic acids is 1. The summed E-state index contributed by atoms with van der Waals surface area (Å²) in [5.74, 6) is -0.847. The topological polar surface area (TPSA) is 86.7 Å². The van der Waals surface area contributed by atoms with Crippen molar-refractivity contribution in [3.05, 3.63) is 74.8 Å². The lowest BCUT2D eigenvalue weighted by atomic mass is 10.2. The van der Waals surface area contributed by atoms with Gasteiger partial charge in [-0.1, -0.05) is 11.3 Å². The van der Waals surface area contributed by atoms with Gasteiger partial charge in [0.1, 0.15) is 5.82 Å². The highest BCUT2D eigenvalue weighted by molar-refractivity contribution is 7.16. The number of thiazole rings is 1. The summed E-state index contributed by atoms with van der Waals surface area (Å²) in [7, 11) is 1.57. The van der Waals surface area contributed by atoms with Crippen LogP contribution in [0.1, 0.15) is 5.56 Å². The molecule has 0 unspecified atom stereocenters. The lowest BCUT2D eigenvalue weighted by Crippen LogP contribution is -2.18. The molecule has 0 aliphatic carbocycles. The molecule has 0 N–H and O–H groups in total. The van der Waals surface area contributed by atoms with E-state index in [0.717, 1.165) is 5.52 Å². The van der Waals surface area contributed by atoms with Crippen molar-refractivity contribution in [3.63, 3.8) is 0 Å². The maximum absolute atomic E-state index is 13.5. The molecule has 1 heterocycles. The number of aromatic nitrogens is 1. The molecule has 9 heteroatoms. The van der Waals surface area contributed by atoms with E-state index in [2.05, 4.69) is 4.99 Å². The molecule has 3 aromatic rings. The average Bonchev–Trinajstić information content (AvgIpc) is 3.00. The van der Waals surface area contributed by atoms with Crippen molar-refractivity contribution in [1.82, 2.24) is 4.57 Å². The summed E-state index contributed by atoms with van der Waals surface area (Å²) in [4.78, 5) is 27.0. The molecule has 144 valence electrons. The first-order valence-corrected chi connectivity index (χ1v) is 9.08. The van der Waals surface area contributed by atoms with Gasteiger partial charge in [0.25, 0.3) is 11.6 Å². The first-order valence-electron chi connectivity index (χ1n) is 8.27. The predicted molar refractivity (Wildman–Crippen MR) is 104 cm³/mol. The minimum atomic E-state index is -0.489. The molecule has 0 aliphatic rings. The fourth-order valence-corrected chi connectivity index (χ4v) is 3.62. The predicted octanol–water partition coefficient (Wildman–Crippen LogP) is 3.54. The van der Waals surface area contributed by atoms with Crippen molar-refractivity contribution in [3.8, 4) is 0 Å². The number of nitro benzene ring substituents is 1. The number of fused-ring (bicyclic) bond motifs is 1. The van der Waals surface area contributed by atoms with Gasteiger partial charge < -0.3 is 9.30 Å². The van der Waals surface area contributed by atoms with Crippen LogP contribution in [0.4, 0.5) is 10.1 Å². The molecular formula is C19H16FN3O4S. The molecule has 28 heavy (non-hydrogen) atoms. The fourth-order valence-electron chi connectivity index (χ4n) is 2.54. The van der Waals surface area contributed by atoms with Gasteiger partial charge in [-0.2, -0.15) is 4.99 Å². The van der Waals surface area contributed by atoms with Gasteiger partial charge in [-0.15, -0.1) is 0 Å². The quantitative estimate of drug-likeness (QED) is 0.359. The Balaban J connectivity index is 1.89. The zero-order valence-electron chi connectivity index (χ0n) is 14.9. The lowest BCUT2D eigenvalue weighted by Gasteiger charge is -2.03. The molecule has 0 bridgehead atoms. The maximum atomic E-state index is 13.5. The van der Waals surface area contributed by atoms with Crippen LogP contribution in [0.3, 0.4) is 0 Å². The molecule has 1 aromatic heterocycles. The van der Waals surface area contributed by atoms with Crippen LogP contribution in [0.25, 0.3) is 16.3 Å². The van der Waals surface area contributed by atoms with E-state index in [-0.39, 0.29) is 11.5 Å². The van der Waals surface area contributed by atoms with Crippen LogP contribution in [0, 0.1) is 15.9 Å². The Bertz CT molecular complexity index is 1120. The monoisotopic (exact) mass is 401 g/mol. The summed E-state index contributed by atoms with van der Waals surface area (Å²) in [6.07, 6.45) is 2.81. The van der Waals surface area contributed by atoms with Gasteiger partial charge in [-0.05, 0) is 42.0 Å². The molecule has 2 aromatic carbocycles. The van der Waals surface area contributed by atoms with Gasteiger partial charge in [0.2, 0.25) is 0 Å². The largest absolute Gasteiger partial charge is 0.383 e. The van der Waals surface area contributed by atoms with Crippen LogP contribution in [0.15, 0.2) is 53.5 Å². The van der Waals surface area contributed by atoms with E-state index in [0.29, 0.717) is 28.2 Å². The normalized spacial score (nSPS) is 12.1.